The first-order valence-electron chi connectivity index (χ1n) is 6.29. The van der Waals surface area contributed by atoms with E-state index in [0.29, 0.717) is 0 Å². The molecule has 0 aliphatic heterocycles. The number of rotatable bonds is 2. The molecule has 0 saturated heterocycles. The molecule has 0 spiro atoms. The zero-order valence-electron chi connectivity index (χ0n) is 11.5. The summed E-state index contributed by atoms with van der Waals surface area (Å²) >= 11 is 0. The van der Waals surface area contributed by atoms with E-state index in [1.165, 1.54) is 0 Å². The summed E-state index contributed by atoms with van der Waals surface area (Å²) in [4.78, 5) is 11.9. The molecule has 1 amide bonds. The van der Waals surface area contributed by atoms with Crippen molar-refractivity contribution in [2.45, 2.75) is 0 Å². The highest BCUT2D eigenvalue weighted by Crippen LogP contribution is 2.34. The summed E-state index contributed by atoms with van der Waals surface area (Å²) in [5.41, 5.74) is 2.06. The maximum atomic E-state index is 13.9. The lowest BCUT2D eigenvalue weighted by atomic mass is 10.1. The average molecular weight is 343 g/mol. The SMILES string of the molecule is Nc1c(F)c(F)c2c(NC(=O)c3c(F)cccc3F)noc2c1F. The highest BCUT2D eigenvalue weighted by Gasteiger charge is 2.27. The fourth-order valence-electron chi connectivity index (χ4n) is 2.06. The monoisotopic (exact) mass is 343 g/mol. The summed E-state index contributed by atoms with van der Waals surface area (Å²) in [7, 11) is 0. The van der Waals surface area contributed by atoms with Crippen LogP contribution in [0.3, 0.4) is 0 Å². The lowest BCUT2D eigenvalue weighted by Crippen LogP contribution is -2.16. The molecule has 0 atom stereocenters. The van der Waals surface area contributed by atoms with E-state index in [9.17, 15) is 26.7 Å². The van der Waals surface area contributed by atoms with Crippen molar-refractivity contribution in [3.8, 4) is 0 Å². The van der Waals surface area contributed by atoms with Crippen molar-refractivity contribution >= 4 is 28.4 Å². The van der Waals surface area contributed by atoms with Gasteiger partial charge in [-0.2, -0.15) is 0 Å². The standard InChI is InChI=1S/C14H6F5N3O2/c15-4-2-1-3-5(16)6(4)14(23)21-13-7-8(17)9(18)11(20)10(19)12(7)24-22-13/h1-3H,20H2,(H,21,22,23). The van der Waals surface area contributed by atoms with E-state index in [1.54, 1.807) is 0 Å². The van der Waals surface area contributed by atoms with Gasteiger partial charge < -0.3 is 15.6 Å². The van der Waals surface area contributed by atoms with Gasteiger partial charge in [0.1, 0.15) is 28.3 Å². The minimum Gasteiger partial charge on any atom is -0.394 e. The largest absolute Gasteiger partial charge is 0.394 e. The number of nitrogen functional groups attached to an aromatic ring is 1. The van der Waals surface area contributed by atoms with Gasteiger partial charge in [-0.1, -0.05) is 11.2 Å². The third-order valence-corrected chi connectivity index (χ3v) is 3.20. The predicted octanol–water partition coefficient (Wildman–Crippen LogP) is 3.36. The van der Waals surface area contributed by atoms with Gasteiger partial charge in [0.15, 0.2) is 23.3 Å². The third-order valence-electron chi connectivity index (χ3n) is 3.20. The molecule has 0 saturated carbocycles. The number of nitrogens with one attached hydrogen (secondary N) is 1. The molecule has 2 aromatic carbocycles. The Balaban J connectivity index is 2.10. The smallest absolute Gasteiger partial charge is 0.262 e. The van der Waals surface area contributed by atoms with Gasteiger partial charge in [-0.05, 0) is 12.1 Å². The lowest BCUT2D eigenvalue weighted by molar-refractivity contribution is 0.101. The minimum atomic E-state index is -1.71. The van der Waals surface area contributed by atoms with Crippen LogP contribution < -0.4 is 11.1 Å². The third kappa shape index (κ3) is 2.23. The quantitative estimate of drug-likeness (QED) is 0.425. The Hall–Kier alpha value is -3.17. The topological polar surface area (TPSA) is 81.1 Å². The van der Waals surface area contributed by atoms with Gasteiger partial charge in [-0.3, -0.25) is 4.79 Å². The molecular formula is C14H6F5N3O2. The van der Waals surface area contributed by atoms with Gasteiger partial charge in [0.05, 0.1) is 0 Å². The zero-order valence-corrected chi connectivity index (χ0v) is 11.5. The molecule has 1 aromatic heterocycles. The number of anilines is 2. The number of carbonyl (C=O) groups excluding carboxylic acids is 1. The average Bonchev–Trinajstić information content (AvgIpc) is 2.94. The van der Waals surface area contributed by atoms with Crippen LogP contribution in [0.15, 0.2) is 22.7 Å². The molecule has 3 N–H and O–H groups in total. The number of benzene rings is 2. The maximum Gasteiger partial charge on any atom is 0.262 e. The Morgan fingerprint density at radius 2 is 1.67 bits per heavy atom. The Labute approximate surface area is 129 Å². The number of amides is 1. The van der Waals surface area contributed by atoms with Crippen LogP contribution >= 0.6 is 0 Å². The zero-order chi connectivity index (χ0) is 17.6. The van der Waals surface area contributed by atoms with E-state index >= 15 is 0 Å². The van der Waals surface area contributed by atoms with Gasteiger partial charge in [0.25, 0.3) is 5.91 Å². The molecule has 124 valence electrons. The molecule has 0 bridgehead atoms. The van der Waals surface area contributed by atoms with E-state index in [2.05, 4.69) is 9.68 Å². The number of carbonyl (C=O) groups is 1. The first-order valence-corrected chi connectivity index (χ1v) is 6.29. The number of halogens is 5. The van der Waals surface area contributed by atoms with Gasteiger partial charge in [0, 0.05) is 0 Å². The normalized spacial score (nSPS) is 11.0. The summed E-state index contributed by atoms with van der Waals surface area (Å²) < 4.78 is 72.8. The molecular weight excluding hydrogens is 337 g/mol. The number of nitrogens with zero attached hydrogens (tertiary/aromatic N) is 1. The summed E-state index contributed by atoms with van der Waals surface area (Å²) in [6.07, 6.45) is 0. The second kappa shape index (κ2) is 5.48. The molecule has 10 heteroatoms. The van der Waals surface area contributed by atoms with Gasteiger partial charge in [-0.15, -0.1) is 0 Å². The van der Waals surface area contributed by atoms with Crippen LogP contribution in [0, 0.1) is 29.1 Å². The molecule has 0 aliphatic rings. The summed E-state index contributed by atoms with van der Waals surface area (Å²) in [6, 6.07) is 2.67. The van der Waals surface area contributed by atoms with E-state index in [1.807, 2.05) is 5.32 Å². The van der Waals surface area contributed by atoms with Crippen molar-refractivity contribution in [3.05, 3.63) is 52.8 Å². The molecule has 0 aliphatic carbocycles. The van der Waals surface area contributed by atoms with Crippen molar-refractivity contribution in [2.75, 3.05) is 11.1 Å². The number of aromatic nitrogens is 1. The van der Waals surface area contributed by atoms with Crippen molar-refractivity contribution < 1.29 is 31.3 Å². The van der Waals surface area contributed by atoms with E-state index in [4.69, 9.17) is 5.73 Å². The van der Waals surface area contributed by atoms with Crippen molar-refractivity contribution in [3.63, 3.8) is 0 Å². The molecule has 1 heterocycles. The molecule has 3 aromatic rings. The predicted molar refractivity (Wildman–Crippen MR) is 72.6 cm³/mol. The number of hydrogen-bond acceptors (Lipinski definition) is 4. The van der Waals surface area contributed by atoms with Crippen molar-refractivity contribution in [2.24, 2.45) is 0 Å². The molecule has 0 fully saturated rings. The Morgan fingerprint density at radius 1 is 1.04 bits per heavy atom. The Morgan fingerprint density at radius 3 is 2.29 bits per heavy atom. The first kappa shape index (κ1) is 15.7. The highest BCUT2D eigenvalue weighted by molar-refractivity contribution is 6.08. The van der Waals surface area contributed by atoms with Gasteiger partial charge in [-0.25, -0.2) is 22.0 Å². The fourth-order valence-corrected chi connectivity index (χ4v) is 2.06. The van der Waals surface area contributed by atoms with E-state index < -0.39 is 63.0 Å². The Kier molecular flexibility index (Phi) is 3.59. The number of hydrogen-bond donors (Lipinski definition) is 2. The second-order valence-electron chi connectivity index (χ2n) is 4.64. The van der Waals surface area contributed by atoms with Crippen LogP contribution in [0.4, 0.5) is 33.5 Å². The summed E-state index contributed by atoms with van der Waals surface area (Å²) in [5, 5.41) is 4.15. The van der Waals surface area contributed by atoms with Crippen LogP contribution in [0.5, 0.6) is 0 Å². The van der Waals surface area contributed by atoms with E-state index in [0.717, 1.165) is 18.2 Å². The van der Waals surface area contributed by atoms with Crippen LogP contribution in [-0.2, 0) is 0 Å². The van der Waals surface area contributed by atoms with Crippen LogP contribution in [0.25, 0.3) is 11.0 Å². The molecule has 0 radical (unpaired) electrons. The molecule has 5 nitrogen and oxygen atoms in total. The first-order chi connectivity index (χ1) is 11.3. The van der Waals surface area contributed by atoms with Crippen molar-refractivity contribution in [1.82, 2.24) is 5.16 Å². The molecule has 3 rings (SSSR count). The highest BCUT2D eigenvalue weighted by atomic mass is 19.2. The van der Waals surface area contributed by atoms with Crippen molar-refractivity contribution in [1.29, 1.82) is 0 Å². The van der Waals surface area contributed by atoms with Gasteiger partial charge >= 0.3 is 0 Å². The number of nitrogens with two attached hydrogens (primary N) is 1. The van der Waals surface area contributed by atoms with Crippen LogP contribution in [0.2, 0.25) is 0 Å². The van der Waals surface area contributed by atoms with Gasteiger partial charge in [0.2, 0.25) is 5.58 Å². The fraction of sp³-hybridized carbons (Fsp3) is 0. The lowest BCUT2D eigenvalue weighted by Gasteiger charge is -2.05. The van der Waals surface area contributed by atoms with Crippen LogP contribution in [-0.4, -0.2) is 11.1 Å². The number of fused-ring (bicyclic) bond motifs is 1. The second-order valence-corrected chi connectivity index (χ2v) is 4.64. The Bertz CT molecular complexity index is 966. The maximum absolute atomic E-state index is 13.9. The minimum absolute atomic E-state index is 0.757. The summed E-state index contributed by atoms with van der Waals surface area (Å²) in [5.74, 6) is -9.25. The molecule has 0 unspecified atom stereocenters. The van der Waals surface area contributed by atoms with Crippen LogP contribution in [0.1, 0.15) is 10.4 Å². The van der Waals surface area contributed by atoms with E-state index in [-0.39, 0.29) is 0 Å². The summed E-state index contributed by atoms with van der Waals surface area (Å²) in [6.45, 7) is 0. The molecule has 24 heavy (non-hydrogen) atoms.